The fraction of sp³-hybridized carbons (Fsp3) is 0.143. The second kappa shape index (κ2) is 6.25. The molecule has 2 N–H and O–H groups in total. The molecule has 0 bridgehead atoms. The van der Waals surface area contributed by atoms with E-state index >= 15 is 0 Å². The molecule has 5 heteroatoms. The minimum absolute atomic E-state index is 0.264. The third-order valence-corrected chi connectivity index (χ3v) is 5.46. The van der Waals surface area contributed by atoms with Gasteiger partial charge in [-0.25, -0.2) is 9.97 Å². The van der Waals surface area contributed by atoms with Gasteiger partial charge in [0.1, 0.15) is 17.8 Å². The van der Waals surface area contributed by atoms with Gasteiger partial charge in [0, 0.05) is 0 Å². The quantitative estimate of drug-likeness (QED) is 0.474. The molecule has 1 atom stereocenters. The molecule has 0 fully saturated rings. The van der Waals surface area contributed by atoms with Gasteiger partial charge in [0.05, 0.1) is 16.0 Å². The number of rotatable bonds is 3. The zero-order valence-corrected chi connectivity index (χ0v) is 15.6. The van der Waals surface area contributed by atoms with Gasteiger partial charge in [0.15, 0.2) is 0 Å². The summed E-state index contributed by atoms with van der Waals surface area (Å²) in [5.41, 5.74) is 6.14. The van der Waals surface area contributed by atoms with Crippen molar-refractivity contribution in [3.8, 4) is 11.1 Å². The SMILES string of the molecule is Brc1cc2c(NC3CCc4ccc(-c5ccccc5)cc43)ncnc2[nH]1. The highest BCUT2D eigenvalue weighted by Crippen LogP contribution is 2.37. The number of aromatic amines is 1. The number of aromatic nitrogens is 3. The van der Waals surface area contributed by atoms with Crippen LogP contribution in [-0.2, 0) is 6.42 Å². The number of hydrogen-bond donors (Lipinski definition) is 2. The average molecular weight is 405 g/mol. The van der Waals surface area contributed by atoms with E-state index in [2.05, 4.69) is 84.7 Å². The van der Waals surface area contributed by atoms with Crippen LogP contribution in [0.4, 0.5) is 5.82 Å². The third-order valence-electron chi connectivity index (χ3n) is 5.03. The summed E-state index contributed by atoms with van der Waals surface area (Å²) >= 11 is 3.48. The first-order valence-corrected chi connectivity index (χ1v) is 9.51. The second-order valence-electron chi connectivity index (χ2n) is 6.62. The van der Waals surface area contributed by atoms with Gasteiger partial charge < -0.3 is 10.3 Å². The monoisotopic (exact) mass is 404 g/mol. The molecule has 0 saturated carbocycles. The highest BCUT2D eigenvalue weighted by molar-refractivity contribution is 9.10. The lowest BCUT2D eigenvalue weighted by molar-refractivity contribution is 0.758. The van der Waals surface area contributed by atoms with Gasteiger partial charge >= 0.3 is 0 Å². The topological polar surface area (TPSA) is 53.6 Å². The molecule has 0 aliphatic heterocycles. The number of benzene rings is 2. The van der Waals surface area contributed by atoms with Crippen LogP contribution in [0.15, 0.2) is 65.5 Å². The lowest BCUT2D eigenvalue weighted by atomic mass is 9.99. The summed E-state index contributed by atoms with van der Waals surface area (Å²) in [6.07, 6.45) is 3.77. The van der Waals surface area contributed by atoms with Gasteiger partial charge in [-0.3, -0.25) is 0 Å². The van der Waals surface area contributed by atoms with Gasteiger partial charge in [-0.15, -0.1) is 0 Å². The standard InChI is InChI=1S/C21H17BrN4/c22-19-11-17-20(23-12-24-21(17)26-19)25-18-9-8-14-6-7-15(10-16(14)18)13-4-2-1-3-5-13/h1-7,10-12,18H,8-9H2,(H2,23,24,25,26). The third kappa shape index (κ3) is 2.69. The summed E-state index contributed by atoms with van der Waals surface area (Å²) in [5, 5.41) is 4.65. The van der Waals surface area contributed by atoms with E-state index in [0.717, 1.165) is 34.3 Å². The van der Waals surface area contributed by atoms with Gasteiger partial charge in [-0.1, -0.05) is 42.5 Å². The molecule has 0 saturated heterocycles. The van der Waals surface area contributed by atoms with E-state index in [1.807, 2.05) is 6.07 Å². The zero-order chi connectivity index (χ0) is 17.5. The molecule has 26 heavy (non-hydrogen) atoms. The molecule has 1 aliphatic rings. The number of nitrogens with one attached hydrogen (secondary N) is 2. The highest BCUT2D eigenvalue weighted by Gasteiger charge is 2.24. The van der Waals surface area contributed by atoms with Crippen molar-refractivity contribution >= 4 is 32.8 Å². The molecule has 1 unspecified atom stereocenters. The number of nitrogens with zero attached hydrogens (tertiary/aromatic N) is 2. The molecule has 4 aromatic rings. The molecule has 0 spiro atoms. The van der Waals surface area contributed by atoms with Gasteiger partial charge in [-0.2, -0.15) is 0 Å². The Balaban J connectivity index is 1.51. The van der Waals surface area contributed by atoms with E-state index < -0.39 is 0 Å². The van der Waals surface area contributed by atoms with Crippen molar-refractivity contribution in [3.63, 3.8) is 0 Å². The first kappa shape index (κ1) is 15.6. The van der Waals surface area contributed by atoms with Gasteiger partial charge in [0.2, 0.25) is 0 Å². The molecular weight excluding hydrogens is 388 g/mol. The maximum atomic E-state index is 4.47. The lowest BCUT2D eigenvalue weighted by Gasteiger charge is -2.16. The summed E-state index contributed by atoms with van der Waals surface area (Å²) < 4.78 is 0.911. The van der Waals surface area contributed by atoms with E-state index in [4.69, 9.17) is 0 Å². The van der Waals surface area contributed by atoms with E-state index in [0.29, 0.717) is 0 Å². The van der Waals surface area contributed by atoms with Crippen molar-refractivity contribution in [1.82, 2.24) is 15.0 Å². The highest BCUT2D eigenvalue weighted by atomic mass is 79.9. The fourth-order valence-corrected chi connectivity index (χ4v) is 4.17. The Labute approximate surface area is 159 Å². The smallest absolute Gasteiger partial charge is 0.143 e. The normalized spacial score (nSPS) is 16.0. The minimum atomic E-state index is 0.264. The Morgan fingerprint density at radius 3 is 2.77 bits per heavy atom. The van der Waals surface area contributed by atoms with Crippen molar-refractivity contribution < 1.29 is 0 Å². The van der Waals surface area contributed by atoms with Gasteiger partial charge in [-0.05, 0) is 63.2 Å². The molecule has 4 nitrogen and oxygen atoms in total. The molecule has 5 rings (SSSR count). The van der Waals surface area contributed by atoms with E-state index in [1.54, 1.807) is 6.33 Å². The van der Waals surface area contributed by atoms with Crippen LogP contribution in [0, 0.1) is 0 Å². The Morgan fingerprint density at radius 2 is 1.88 bits per heavy atom. The average Bonchev–Trinajstić information content (AvgIpc) is 3.25. The predicted octanol–water partition coefficient (Wildman–Crippen LogP) is 5.49. The molecular formula is C21H17BrN4. The molecule has 2 aromatic heterocycles. The van der Waals surface area contributed by atoms with E-state index in [-0.39, 0.29) is 6.04 Å². The Morgan fingerprint density at radius 1 is 1.00 bits per heavy atom. The predicted molar refractivity (Wildman–Crippen MR) is 108 cm³/mol. The van der Waals surface area contributed by atoms with Crippen molar-refractivity contribution in [1.29, 1.82) is 0 Å². The number of anilines is 1. The molecule has 128 valence electrons. The summed E-state index contributed by atoms with van der Waals surface area (Å²) in [6, 6.07) is 19.6. The summed E-state index contributed by atoms with van der Waals surface area (Å²) in [5.74, 6) is 0.875. The van der Waals surface area contributed by atoms with Crippen LogP contribution in [0.1, 0.15) is 23.6 Å². The summed E-state index contributed by atoms with van der Waals surface area (Å²) in [7, 11) is 0. The van der Waals surface area contributed by atoms with Crippen molar-refractivity contribution in [2.75, 3.05) is 5.32 Å². The number of aryl methyl sites for hydroxylation is 1. The first-order valence-electron chi connectivity index (χ1n) is 8.72. The summed E-state index contributed by atoms with van der Waals surface area (Å²) in [6.45, 7) is 0. The van der Waals surface area contributed by atoms with Crippen LogP contribution in [0.3, 0.4) is 0 Å². The van der Waals surface area contributed by atoms with E-state index in [1.165, 1.54) is 22.3 Å². The fourth-order valence-electron chi connectivity index (χ4n) is 3.75. The van der Waals surface area contributed by atoms with Crippen LogP contribution in [0.5, 0.6) is 0 Å². The zero-order valence-electron chi connectivity index (χ0n) is 14.0. The van der Waals surface area contributed by atoms with Crippen molar-refractivity contribution in [2.24, 2.45) is 0 Å². The largest absolute Gasteiger partial charge is 0.363 e. The Hall–Kier alpha value is -2.66. The molecule has 2 heterocycles. The maximum Gasteiger partial charge on any atom is 0.143 e. The number of fused-ring (bicyclic) bond motifs is 2. The molecule has 0 radical (unpaired) electrons. The van der Waals surface area contributed by atoms with Gasteiger partial charge in [0.25, 0.3) is 0 Å². The number of halogens is 1. The maximum absolute atomic E-state index is 4.47. The van der Waals surface area contributed by atoms with Crippen molar-refractivity contribution in [3.05, 3.63) is 76.7 Å². The first-order chi connectivity index (χ1) is 12.8. The second-order valence-corrected chi connectivity index (χ2v) is 7.47. The molecule has 1 aliphatic carbocycles. The van der Waals surface area contributed by atoms with Crippen molar-refractivity contribution in [2.45, 2.75) is 18.9 Å². The molecule has 0 amide bonds. The van der Waals surface area contributed by atoms with Crippen LogP contribution in [0.25, 0.3) is 22.2 Å². The molecule has 2 aromatic carbocycles. The number of hydrogen-bond acceptors (Lipinski definition) is 3. The van der Waals surface area contributed by atoms with Crippen LogP contribution in [-0.4, -0.2) is 15.0 Å². The lowest BCUT2D eigenvalue weighted by Crippen LogP contribution is -2.09. The van der Waals surface area contributed by atoms with Crippen LogP contribution >= 0.6 is 15.9 Å². The Kier molecular flexibility index (Phi) is 3.75. The minimum Gasteiger partial charge on any atom is -0.363 e. The number of H-pyrrole nitrogens is 1. The Bertz CT molecular complexity index is 1090. The van der Waals surface area contributed by atoms with Crippen LogP contribution < -0.4 is 5.32 Å². The summed E-state index contributed by atoms with van der Waals surface area (Å²) in [4.78, 5) is 12.0. The van der Waals surface area contributed by atoms with Crippen LogP contribution in [0.2, 0.25) is 0 Å². The van der Waals surface area contributed by atoms with E-state index in [9.17, 15) is 0 Å².